The third-order valence-electron chi connectivity index (χ3n) is 3.70. The largest absolute Gasteiger partial charge is 0.465 e. The molecule has 116 valence electrons. The van der Waals surface area contributed by atoms with E-state index in [1.165, 1.54) is 7.11 Å². The van der Waals surface area contributed by atoms with Gasteiger partial charge in [0, 0.05) is 24.8 Å². The summed E-state index contributed by atoms with van der Waals surface area (Å²) in [5.41, 5.74) is 7.50. The maximum Gasteiger partial charge on any atom is 0.340 e. The van der Waals surface area contributed by atoms with E-state index >= 15 is 0 Å². The molecule has 0 radical (unpaired) electrons. The summed E-state index contributed by atoms with van der Waals surface area (Å²) in [6.45, 7) is 1.31. The van der Waals surface area contributed by atoms with Crippen molar-refractivity contribution in [2.45, 2.75) is 18.6 Å². The third kappa shape index (κ3) is 3.46. The van der Waals surface area contributed by atoms with Crippen molar-refractivity contribution in [1.82, 2.24) is 4.90 Å². The Morgan fingerprint density at radius 1 is 1.52 bits per heavy atom. The molecule has 0 amide bonds. The number of β-amino-alcohol motifs (C(OH)–C–C–N with tert-alkyl or cyclic N) is 1. The van der Waals surface area contributed by atoms with E-state index in [0.29, 0.717) is 24.2 Å². The average molecular weight is 293 g/mol. The first-order valence-corrected chi connectivity index (χ1v) is 6.99. The molecule has 1 aromatic carbocycles. The predicted molar refractivity (Wildman–Crippen MR) is 82.5 cm³/mol. The number of nitrogens with two attached hydrogens (primary N) is 1. The number of anilines is 2. The number of hydrogen-bond donors (Lipinski definition) is 2. The van der Waals surface area contributed by atoms with E-state index < -0.39 is 12.1 Å². The highest BCUT2D eigenvalue weighted by Crippen LogP contribution is 2.31. The first kappa shape index (κ1) is 15.6. The third-order valence-corrected chi connectivity index (χ3v) is 3.70. The number of methoxy groups -OCH3 is 1. The summed E-state index contributed by atoms with van der Waals surface area (Å²) < 4.78 is 4.84. The van der Waals surface area contributed by atoms with Gasteiger partial charge in [-0.1, -0.05) is 0 Å². The Bertz CT molecular complexity index is 519. The fourth-order valence-electron chi connectivity index (χ4n) is 2.86. The van der Waals surface area contributed by atoms with Crippen molar-refractivity contribution >= 4 is 17.3 Å². The molecule has 1 aromatic rings. The molecule has 2 atom stereocenters. The van der Waals surface area contributed by atoms with E-state index in [-0.39, 0.29) is 6.04 Å². The normalized spacial score (nSPS) is 21.9. The standard InChI is InChI=1S/C15H23N3O3/c1-17(2)8-11-7-12(19)9-18(11)14-5-4-10(16)6-13(14)15(20)21-3/h4-6,11-12,19H,7-9,16H2,1-3H3. The van der Waals surface area contributed by atoms with Crippen LogP contribution in [-0.4, -0.2) is 62.4 Å². The van der Waals surface area contributed by atoms with Gasteiger partial charge in [0.25, 0.3) is 0 Å². The van der Waals surface area contributed by atoms with E-state index in [9.17, 15) is 9.90 Å². The van der Waals surface area contributed by atoms with Crippen molar-refractivity contribution in [1.29, 1.82) is 0 Å². The first-order chi connectivity index (χ1) is 9.92. The molecular formula is C15H23N3O3. The Morgan fingerprint density at radius 2 is 2.24 bits per heavy atom. The summed E-state index contributed by atoms with van der Waals surface area (Å²) in [5.74, 6) is -0.415. The molecule has 1 saturated heterocycles. The summed E-state index contributed by atoms with van der Waals surface area (Å²) in [7, 11) is 5.34. The summed E-state index contributed by atoms with van der Waals surface area (Å²) in [6.07, 6.45) is 0.293. The fourth-order valence-corrected chi connectivity index (χ4v) is 2.86. The maximum atomic E-state index is 12.0. The fraction of sp³-hybridized carbons (Fsp3) is 0.533. The van der Waals surface area contributed by atoms with Gasteiger partial charge in [-0.25, -0.2) is 4.79 Å². The highest BCUT2D eigenvalue weighted by molar-refractivity contribution is 5.97. The molecule has 1 fully saturated rings. The summed E-state index contributed by atoms with van der Waals surface area (Å²) in [5, 5.41) is 9.98. The highest BCUT2D eigenvalue weighted by atomic mass is 16.5. The molecule has 6 nitrogen and oxygen atoms in total. The number of rotatable bonds is 4. The van der Waals surface area contributed by atoms with E-state index in [4.69, 9.17) is 10.5 Å². The van der Waals surface area contributed by atoms with Crippen LogP contribution in [0.25, 0.3) is 0 Å². The summed E-state index contributed by atoms with van der Waals surface area (Å²) in [6, 6.07) is 5.36. The number of aliphatic hydroxyl groups is 1. The van der Waals surface area contributed by atoms with Gasteiger partial charge in [0.2, 0.25) is 0 Å². The Kier molecular flexibility index (Phi) is 4.69. The van der Waals surface area contributed by atoms with Crippen LogP contribution in [0.2, 0.25) is 0 Å². The van der Waals surface area contributed by atoms with Crippen LogP contribution in [-0.2, 0) is 4.74 Å². The van der Waals surface area contributed by atoms with Crippen LogP contribution in [0.4, 0.5) is 11.4 Å². The second kappa shape index (κ2) is 6.32. The van der Waals surface area contributed by atoms with Gasteiger partial charge >= 0.3 is 5.97 Å². The smallest absolute Gasteiger partial charge is 0.340 e. The van der Waals surface area contributed by atoms with Gasteiger partial charge in [0.15, 0.2) is 0 Å². The summed E-state index contributed by atoms with van der Waals surface area (Å²) >= 11 is 0. The number of aliphatic hydroxyl groups excluding tert-OH is 1. The van der Waals surface area contributed by atoms with Crippen LogP contribution >= 0.6 is 0 Å². The van der Waals surface area contributed by atoms with Crippen LogP contribution in [0, 0.1) is 0 Å². The number of carbonyl (C=O) groups excluding carboxylic acids is 1. The monoisotopic (exact) mass is 293 g/mol. The molecule has 1 aliphatic rings. The number of carbonyl (C=O) groups is 1. The molecular weight excluding hydrogens is 270 g/mol. The topological polar surface area (TPSA) is 79.0 Å². The molecule has 21 heavy (non-hydrogen) atoms. The Hall–Kier alpha value is -1.79. The number of nitrogens with zero attached hydrogens (tertiary/aromatic N) is 2. The van der Waals surface area contributed by atoms with Gasteiger partial charge in [-0.2, -0.15) is 0 Å². The molecule has 2 unspecified atom stereocenters. The molecule has 0 spiro atoms. The van der Waals surface area contributed by atoms with E-state index in [1.54, 1.807) is 12.1 Å². The zero-order valence-corrected chi connectivity index (χ0v) is 12.7. The van der Waals surface area contributed by atoms with Crippen molar-refractivity contribution in [3.05, 3.63) is 23.8 Å². The molecule has 1 aliphatic heterocycles. The minimum Gasteiger partial charge on any atom is -0.465 e. The molecule has 6 heteroatoms. The number of hydrogen-bond acceptors (Lipinski definition) is 6. The molecule has 1 heterocycles. The molecule has 2 rings (SSSR count). The number of nitrogen functional groups attached to an aromatic ring is 1. The lowest BCUT2D eigenvalue weighted by Gasteiger charge is -2.30. The highest BCUT2D eigenvalue weighted by Gasteiger charge is 2.33. The van der Waals surface area contributed by atoms with E-state index in [2.05, 4.69) is 9.80 Å². The van der Waals surface area contributed by atoms with Crippen LogP contribution < -0.4 is 10.6 Å². The van der Waals surface area contributed by atoms with Crippen LogP contribution in [0.5, 0.6) is 0 Å². The average Bonchev–Trinajstić information content (AvgIpc) is 2.77. The maximum absolute atomic E-state index is 12.0. The van der Waals surface area contributed by atoms with Crippen molar-refractivity contribution in [2.75, 3.05) is 44.9 Å². The minimum atomic E-state index is -0.415. The first-order valence-electron chi connectivity index (χ1n) is 6.99. The van der Waals surface area contributed by atoms with E-state index in [0.717, 1.165) is 12.2 Å². The lowest BCUT2D eigenvalue weighted by Crippen LogP contribution is -2.38. The van der Waals surface area contributed by atoms with Gasteiger partial charge in [-0.05, 0) is 38.7 Å². The minimum absolute atomic E-state index is 0.155. The Balaban J connectivity index is 2.37. The van der Waals surface area contributed by atoms with Gasteiger partial charge in [-0.15, -0.1) is 0 Å². The summed E-state index contributed by atoms with van der Waals surface area (Å²) in [4.78, 5) is 16.1. The Morgan fingerprint density at radius 3 is 2.86 bits per heavy atom. The number of benzene rings is 1. The van der Waals surface area contributed by atoms with Crippen molar-refractivity contribution in [3.8, 4) is 0 Å². The number of esters is 1. The van der Waals surface area contributed by atoms with Gasteiger partial charge in [0.05, 0.1) is 24.5 Å². The second-order valence-electron chi connectivity index (χ2n) is 5.73. The van der Waals surface area contributed by atoms with Crippen molar-refractivity contribution in [2.24, 2.45) is 0 Å². The molecule has 0 saturated carbocycles. The predicted octanol–water partition coefficient (Wildman–Crippen LogP) is 0.557. The zero-order chi connectivity index (χ0) is 15.6. The van der Waals surface area contributed by atoms with Gasteiger partial charge < -0.3 is 25.4 Å². The lowest BCUT2D eigenvalue weighted by molar-refractivity contribution is 0.0601. The number of ether oxygens (including phenoxy) is 1. The lowest BCUT2D eigenvalue weighted by atomic mass is 10.1. The number of likely N-dealkylation sites (N-methyl/N-ethyl adjacent to an activating group) is 1. The quantitative estimate of drug-likeness (QED) is 0.624. The van der Waals surface area contributed by atoms with Crippen molar-refractivity contribution < 1.29 is 14.6 Å². The molecule has 0 bridgehead atoms. The zero-order valence-electron chi connectivity index (χ0n) is 12.7. The SMILES string of the molecule is COC(=O)c1cc(N)ccc1N1CC(O)CC1CN(C)C. The second-order valence-corrected chi connectivity index (χ2v) is 5.73. The van der Waals surface area contributed by atoms with Crippen LogP contribution in [0.3, 0.4) is 0 Å². The van der Waals surface area contributed by atoms with Crippen LogP contribution in [0.15, 0.2) is 18.2 Å². The van der Waals surface area contributed by atoms with Gasteiger partial charge in [-0.3, -0.25) is 0 Å². The van der Waals surface area contributed by atoms with E-state index in [1.807, 2.05) is 20.2 Å². The van der Waals surface area contributed by atoms with Gasteiger partial charge in [0.1, 0.15) is 0 Å². The molecule has 0 aromatic heterocycles. The Labute approximate surface area is 125 Å². The molecule has 3 N–H and O–H groups in total. The van der Waals surface area contributed by atoms with Crippen molar-refractivity contribution in [3.63, 3.8) is 0 Å². The molecule has 0 aliphatic carbocycles. The van der Waals surface area contributed by atoms with Crippen LogP contribution in [0.1, 0.15) is 16.8 Å².